The molecular weight excluding hydrogens is 386 g/mol. The Balaban J connectivity index is 1.42. The number of morpholine rings is 1. The molecule has 0 unspecified atom stereocenters. The summed E-state index contributed by atoms with van der Waals surface area (Å²) < 4.78 is 16.8. The molecular formula is C21H27N5O4. The number of carbonyl (C=O) groups is 1. The Morgan fingerprint density at radius 2 is 2.07 bits per heavy atom. The van der Waals surface area contributed by atoms with E-state index < -0.39 is 0 Å². The summed E-state index contributed by atoms with van der Waals surface area (Å²) in [4.78, 5) is 26.6. The largest absolute Gasteiger partial charge is 0.376 e. The Morgan fingerprint density at radius 3 is 2.80 bits per heavy atom. The number of ether oxygens (including phenoxy) is 2. The van der Waals surface area contributed by atoms with Crippen molar-refractivity contribution in [1.29, 1.82) is 0 Å². The average molecular weight is 413 g/mol. The summed E-state index contributed by atoms with van der Waals surface area (Å²) in [5.41, 5.74) is 2.05. The number of hydrogen-bond acceptors (Lipinski definition) is 8. The Morgan fingerprint density at radius 1 is 1.27 bits per heavy atom. The van der Waals surface area contributed by atoms with Crippen LogP contribution in [0.3, 0.4) is 0 Å². The van der Waals surface area contributed by atoms with Gasteiger partial charge in [-0.3, -0.25) is 4.79 Å². The van der Waals surface area contributed by atoms with Crippen LogP contribution in [0.2, 0.25) is 0 Å². The van der Waals surface area contributed by atoms with Gasteiger partial charge in [0.1, 0.15) is 5.76 Å². The van der Waals surface area contributed by atoms with Gasteiger partial charge in [0.2, 0.25) is 5.95 Å². The van der Waals surface area contributed by atoms with Crippen LogP contribution in [0.5, 0.6) is 0 Å². The van der Waals surface area contributed by atoms with Gasteiger partial charge in [-0.1, -0.05) is 5.16 Å². The highest BCUT2D eigenvalue weighted by atomic mass is 16.5. The van der Waals surface area contributed by atoms with Crippen LogP contribution in [0.25, 0.3) is 0 Å². The van der Waals surface area contributed by atoms with Crippen molar-refractivity contribution >= 4 is 11.9 Å². The van der Waals surface area contributed by atoms with Gasteiger partial charge in [-0.25, -0.2) is 9.97 Å². The van der Waals surface area contributed by atoms with Crippen molar-refractivity contribution in [3.63, 3.8) is 0 Å². The van der Waals surface area contributed by atoms with Gasteiger partial charge < -0.3 is 23.8 Å². The SMILES string of the molecule is Cc1cc(C(=O)N2CC[C@]3(COCc4cnc(N5C[C@@H](C)O[C@H](C)C5)nc43)C2)no1. The van der Waals surface area contributed by atoms with E-state index in [-0.39, 0.29) is 23.5 Å². The van der Waals surface area contributed by atoms with Crippen LogP contribution < -0.4 is 4.90 Å². The molecule has 3 atom stereocenters. The van der Waals surface area contributed by atoms with Gasteiger partial charge in [0.05, 0.1) is 36.5 Å². The van der Waals surface area contributed by atoms with Gasteiger partial charge in [0.15, 0.2) is 5.69 Å². The molecule has 3 aliphatic heterocycles. The minimum Gasteiger partial charge on any atom is -0.376 e. The van der Waals surface area contributed by atoms with E-state index in [0.717, 1.165) is 36.7 Å². The van der Waals surface area contributed by atoms with Gasteiger partial charge >= 0.3 is 0 Å². The molecule has 2 aromatic rings. The van der Waals surface area contributed by atoms with Gasteiger partial charge in [0, 0.05) is 44.0 Å². The van der Waals surface area contributed by atoms with Gasteiger partial charge in [-0.15, -0.1) is 0 Å². The number of likely N-dealkylation sites (tertiary alicyclic amines) is 1. The zero-order valence-corrected chi connectivity index (χ0v) is 17.6. The summed E-state index contributed by atoms with van der Waals surface area (Å²) in [6.07, 6.45) is 2.96. The van der Waals surface area contributed by atoms with E-state index in [1.807, 2.05) is 11.1 Å². The molecule has 0 aliphatic carbocycles. The third-order valence-corrected chi connectivity index (χ3v) is 6.18. The van der Waals surface area contributed by atoms with E-state index in [2.05, 4.69) is 28.9 Å². The van der Waals surface area contributed by atoms with Crippen molar-refractivity contribution in [3.05, 3.63) is 35.0 Å². The number of nitrogens with zero attached hydrogens (tertiary/aromatic N) is 5. The van der Waals surface area contributed by atoms with Crippen molar-refractivity contribution in [2.75, 3.05) is 37.7 Å². The predicted octanol–water partition coefficient (Wildman–Crippen LogP) is 1.70. The molecule has 2 saturated heterocycles. The monoisotopic (exact) mass is 413 g/mol. The zero-order valence-electron chi connectivity index (χ0n) is 17.6. The molecule has 9 nitrogen and oxygen atoms in total. The number of aromatic nitrogens is 3. The Bertz CT molecular complexity index is 953. The van der Waals surface area contributed by atoms with Gasteiger partial charge in [-0.05, 0) is 27.2 Å². The number of hydrogen-bond donors (Lipinski definition) is 0. The first kappa shape index (κ1) is 19.4. The number of anilines is 1. The number of fused-ring (bicyclic) bond motifs is 2. The summed E-state index contributed by atoms with van der Waals surface area (Å²) in [6.45, 7) is 9.70. The lowest BCUT2D eigenvalue weighted by Crippen LogP contribution is -2.47. The van der Waals surface area contributed by atoms with E-state index in [0.29, 0.717) is 37.8 Å². The Hall–Kier alpha value is -2.52. The van der Waals surface area contributed by atoms with Crippen LogP contribution in [-0.4, -0.2) is 70.9 Å². The second kappa shape index (κ2) is 7.31. The lowest BCUT2D eigenvalue weighted by Gasteiger charge is -2.38. The summed E-state index contributed by atoms with van der Waals surface area (Å²) in [5, 5.41) is 3.89. The standard InChI is InChI=1S/C21H27N5O4/c1-13-6-17(24-30-13)19(27)25-5-4-21(11-25)12-28-10-16-7-22-20(23-18(16)21)26-8-14(2)29-15(3)9-26/h6-7,14-15H,4-5,8-12H2,1-3H3/t14-,15-,21-/m1/s1. The fourth-order valence-corrected chi connectivity index (χ4v) is 4.87. The van der Waals surface area contributed by atoms with E-state index in [9.17, 15) is 4.79 Å². The molecule has 9 heteroatoms. The van der Waals surface area contributed by atoms with E-state index >= 15 is 0 Å². The van der Waals surface area contributed by atoms with Crippen molar-refractivity contribution in [2.24, 2.45) is 0 Å². The Kier molecular flexibility index (Phi) is 4.74. The van der Waals surface area contributed by atoms with Crippen LogP contribution in [-0.2, 0) is 21.5 Å². The maximum absolute atomic E-state index is 12.9. The topological polar surface area (TPSA) is 93.8 Å². The lowest BCUT2D eigenvalue weighted by molar-refractivity contribution is -0.00584. The molecule has 160 valence electrons. The van der Waals surface area contributed by atoms with E-state index in [1.54, 1.807) is 13.0 Å². The van der Waals surface area contributed by atoms with Crippen LogP contribution in [0.4, 0.5) is 5.95 Å². The summed E-state index contributed by atoms with van der Waals surface area (Å²) in [6, 6.07) is 1.68. The summed E-state index contributed by atoms with van der Waals surface area (Å²) in [7, 11) is 0. The average Bonchev–Trinajstić information content (AvgIpc) is 3.34. The van der Waals surface area contributed by atoms with Crippen molar-refractivity contribution in [1.82, 2.24) is 20.0 Å². The molecule has 0 radical (unpaired) electrons. The van der Waals surface area contributed by atoms with Crippen molar-refractivity contribution in [3.8, 4) is 0 Å². The van der Waals surface area contributed by atoms with Crippen molar-refractivity contribution in [2.45, 2.75) is 51.4 Å². The highest BCUT2D eigenvalue weighted by Crippen LogP contribution is 2.40. The highest BCUT2D eigenvalue weighted by molar-refractivity contribution is 5.92. The molecule has 0 saturated carbocycles. The molecule has 0 N–H and O–H groups in total. The molecule has 1 spiro atoms. The molecule has 0 bridgehead atoms. The number of rotatable bonds is 2. The zero-order chi connectivity index (χ0) is 20.9. The van der Waals surface area contributed by atoms with Gasteiger partial charge in [-0.2, -0.15) is 0 Å². The highest BCUT2D eigenvalue weighted by Gasteiger charge is 2.47. The van der Waals surface area contributed by atoms with Crippen molar-refractivity contribution < 1.29 is 18.8 Å². The quantitative estimate of drug-likeness (QED) is 0.734. The van der Waals surface area contributed by atoms with Crippen LogP contribution in [0, 0.1) is 6.92 Å². The van der Waals surface area contributed by atoms with E-state index in [1.165, 1.54) is 0 Å². The van der Waals surface area contributed by atoms with Crippen LogP contribution in [0.1, 0.15) is 47.8 Å². The molecule has 5 heterocycles. The minimum atomic E-state index is -0.316. The first-order chi connectivity index (χ1) is 14.4. The second-order valence-electron chi connectivity index (χ2n) is 8.78. The lowest BCUT2D eigenvalue weighted by atomic mass is 9.80. The summed E-state index contributed by atoms with van der Waals surface area (Å²) >= 11 is 0. The smallest absolute Gasteiger partial charge is 0.276 e. The van der Waals surface area contributed by atoms with Crippen LogP contribution in [0.15, 0.2) is 16.8 Å². The number of carbonyl (C=O) groups excluding carboxylic acids is 1. The Labute approximate surface area is 175 Å². The molecule has 30 heavy (non-hydrogen) atoms. The first-order valence-corrected chi connectivity index (χ1v) is 10.5. The van der Waals surface area contributed by atoms with E-state index in [4.69, 9.17) is 19.0 Å². The molecule has 2 aromatic heterocycles. The first-order valence-electron chi connectivity index (χ1n) is 10.5. The molecule has 2 fully saturated rings. The minimum absolute atomic E-state index is 0.110. The molecule has 3 aliphatic rings. The van der Waals surface area contributed by atoms with Crippen LogP contribution >= 0.6 is 0 Å². The predicted molar refractivity (Wildman–Crippen MR) is 107 cm³/mol. The maximum atomic E-state index is 12.9. The van der Waals surface area contributed by atoms with Gasteiger partial charge in [0.25, 0.3) is 5.91 Å². The normalized spacial score (nSPS) is 28.8. The maximum Gasteiger partial charge on any atom is 0.276 e. The number of aryl methyl sites for hydroxylation is 1. The molecule has 0 aromatic carbocycles. The fourth-order valence-electron chi connectivity index (χ4n) is 4.87. The molecule has 1 amide bonds. The second-order valence-corrected chi connectivity index (χ2v) is 8.78. The fraction of sp³-hybridized carbons (Fsp3) is 0.619. The third kappa shape index (κ3) is 3.35. The summed E-state index contributed by atoms with van der Waals surface area (Å²) in [5.74, 6) is 1.25. The third-order valence-electron chi connectivity index (χ3n) is 6.18. The number of amides is 1. The molecule has 5 rings (SSSR count).